The number of ketones is 1. The minimum atomic E-state index is 0.0196. The molecule has 1 aromatic carbocycles. The first kappa shape index (κ1) is 10.0. The summed E-state index contributed by atoms with van der Waals surface area (Å²) in [5.74, 6) is 0.328. The Morgan fingerprint density at radius 1 is 1.14 bits per heavy atom. The molecule has 0 aliphatic heterocycles. The fourth-order valence-corrected chi connectivity index (χ4v) is 2.49. The molecule has 0 amide bonds. The first-order chi connectivity index (χ1) is 6.66. The van der Waals surface area contributed by atoms with Crippen LogP contribution in [-0.4, -0.2) is 5.78 Å². The quantitative estimate of drug-likeness (QED) is 0.715. The Bertz CT molecular complexity index is 353. The van der Waals surface area contributed by atoms with Crippen LogP contribution in [0.4, 0.5) is 0 Å². The largest absolute Gasteiger partial charge is 0.299 e. The van der Waals surface area contributed by atoms with E-state index in [0.717, 1.165) is 18.4 Å². The van der Waals surface area contributed by atoms with Gasteiger partial charge in [0.05, 0.1) is 0 Å². The molecule has 0 heterocycles. The number of hydrogen-bond donors (Lipinski definition) is 0. The molecule has 1 saturated carbocycles. The van der Waals surface area contributed by atoms with Crippen LogP contribution in [0, 0.1) is 0 Å². The van der Waals surface area contributed by atoms with Crippen LogP contribution >= 0.6 is 23.2 Å². The van der Waals surface area contributed by atoms with Crippen molar-refractivity contribution in [2.24, 2.45) is 0 Å². The zero-order valence-electron chi connectivity index (χ0n) is 7.59. The van der Waals surface area contributed by atoms with E-state index in [-0.39, 0.29) is 5.92 Å². The third kappa shape index (κ3) is 1.94. The van der Waals surface area contributed by atoms with Gasteiger partial charge in [-0.2, -0.15) is 0 Å². The highest BCUT2D eigenvalue weighted by molar-refractivity contribution is 6.34. The van der Waals surface area contributed by atoms with Crippen molar-refractivity contribution in [1.82, 2.24) is 0 Å². The molecule has 0 bridgehead atoms. The summed E-state index contributed by atoms with van der Waals surface area (Å²) in [4.78, 5) is 11.5. The van der Waals surface area contributed by atoms with Crippen molar-refractivity contribution in [2.45, 2.75) is 25.2 Å². The number of rotatable bonds is 1. The van der Waals surface area contributed by atoms with Crippen LogP contribution in [0.25, 0.3) is 0 Å². The first-order valence-corrected chi connectivity index (χ1v) is 5.41. The average Bonchev–Trinajstić information content (AvgIpc) is 2.49. The summed E-state index contributed by atoms with van der Waals surface area (Å²) in [6, 6.07) is 5.36. The van der Waals surface area contributed by atoms with Crippen molar-refractivity contribution >= 4 is 29.0 Å². The lowest BCUT2D eigenvalue weighted by molar-refractivity contribution is -0.118. The number of carbonyl (C=O) groups is 1. The van der Waals surface area contributed by atoms with Crippen LogP contribution in [-0.2, 0) is 4.79 Å². The highest BCUT2D eigenvalue weighted by Crippen LogP contribution is 2.33. The fourth-order valence-electron chi connectivity index (χ4n) is 1.94. The number of carbonyl (C=O) groups excluding carboxylic acids is 1. The van der Waals surface area contributed by atoms with Crippen LogP contribution < -0.4 is 0 Å². The monoisotopic (exact) mass is 228 g/mol. The van der Waals surface area contributed by atoms with Crippen molar-refractivity contribution in [2.75, 3.05) is 0 Å². The van der Waals surface area contributed by atoms with Crippen molar-refractivity contribution in [3.63, 3.8) is 0 Å². The van der Waals surface area contributed by atoms with Crippen LogP contribution in [0.15, 0.2) is 18.2 Å². The molecular weight excluding hydrogens is 219 g/mol. The maximum absolute atomic E-state index is 11.5. The Kier molecular flexibility index (Phi) is 2.80. The third-order valence-corrected chi connectivity index (χ3v) is 3.03. The summed E-state index contributed by atoms with van der Waals surface area (Å²) in [7, 11) is 0. The van der Waals surface area contributed by atoms with Gasteiger partial charge in [0, 0.05) is 22.4 Å². The molecule has 0 N–H and O–H groups in total. The number of hydrogen-bond acceptors (Lipinski definition) is 1. The van der Waals surface area contributed by atoms with E-state index in [2.05, 4.69) is 0 Å². The first-order valence-electron chi connectivity index (χ1n) is 4.65. The molecule has 1 aromatic rings. The van der Waals surface area contributed by atoms with Gasteiger partial charge in [-0.3, -0.25) is 4.79 Å². The van der Waals surface area contributed by atoms with Gasteiger partial charge >= 0.3 is 0 Å². The molecule has 14 heavy (non-hydrogen) atoms. The SMILES string of the molecule is O=C1CCCC1c1cc(Cl)cc(Cl)c1. The summed E-state index contributed by atoms with van der Waals surface area (Å²) < 4.78 is 0. The van der Waals surface area contributed by atoms with E-state index in [1.54, 1.807) is 6.07 Å². The van der Waals surface area contributed by atoms with Gasteiger partial charge in [0.2, 0.25) is 0 Å². The number of benzene rings is 1. The molecule has 0 aromatic heterocycles. The Labute approximate surface area is 93.0 Å². The zero-order chi connectivity index (χ0) is 10.1. The molecule has 74 valence electrons. The molecular formula is C11H10Cl2O. The van der Waals surface area contributed by atoms with E-state index in [4.69, 9.17) is 23.2 Å². The Hall–Kier alpha value is -0.530. The summed E-state index contributed by atoms with van der Waals surface area (Å²) >= 11 is 11.8. The van der Waals surface area contributed by atoms with E-state index < -0.39 is 0 Å². The van der Waals surface area contributed by atoms with E-state index in [1.165, 1.54) is 0 Å². The van der Waals surface area contributed by atoms with E-state index in [0.29, 0.717) is 22.2 Å². The van der Waals surface area contributed by atoms with Gasteiger partial charge in [-0.1, -0.05) is 23.2 Å². The molecule has 0 saturated heterocycles. The number of halogens is 2. The van der Waals surface area contributed by atoms with Crippen LogP contribution in [0.2, 0.25) is 10.0 Å². The smallest absolute Gasteiger partial charge is 0.140 e. The van der Waals surface area contributed by atoms with E-state index in [9.17, 15) is 4.79 Å². The van der Waals surface area contributed by atoms with E-state index >= 15 is 0 Å². The molecule has 2 rings (SSSR count). The zero-order valence-corrected chi connectivity index (χ0v) is 9.11. The van der Waals surface area contributed by atoms with Gasteiger partial charge < -0.3 is 0 Å². The molecule has 3 heteroatoms. The average molecular weight is 229 g/mol. The summed E-state index contributed by atoms with van der Waals surface area (Å²) in [6.07, 6.45) is 2.60. The fraction of sp³-hybridized carbons (Fsp3) is 0.364. The molecule has 1 nitrogen and oxygen atoms in total. The van der Waals surface area contributed by atoms with Gasteiger partial charge in [0.25, 0.3) is 0 Å². The maximum atomic E-state index is 11.5. The lowest BCUT2D eigenvalue weighted by Gasteiger charge is -2.08. The van der Waals surface area contributed by atoms with Gasteiger partial charge in [0.15, 0.2) is 0 Å². The van der Waals surface area contributed by atoms with Crippen molar-refractivity contribution < 1.29 is 4.79 Å². The summed E-state index contributed by atoms with van der Waals surface area (Å²) in [5.41, 5.74) is 0.963. The lowest BCUT2D eigenvalue weighted by atomic mass is 9.97. The van der Waals surface area contributed by atoms with Gasteiger partial charge in [-0.25, -0.2) is 0 Å². The van der Waals surface area contributed by atoms with Crippen molar-refractivity contribution in [3.05, 3.63) is 33.8 Å². The highest BCUT2D eigenvalue weighted by Gasteiger charge is 2.26. The molecule has 1 aliphatic carbocycles. The van der Waals surface area contributed by atoms with Crippen LogP contribution in [0.3, 0.4) is 0 Å². The second-order valence-corrected chi connectivity index (χ2v) is 4.49. The Morgan fingerprint density at radius 2 is 1.79 bits per heavy atom. The lowest BCUT2D eigenvalue weighted by Crippen LogP contribution is -2.03. The normalized spacial score (nSPS) is 21.6. The topological polar surface area (TPSA) is 17.1 Å². The molecule has 1 fully saturated rings. The Balaban J connectivity index is 2.35. The second kappa shape index (κ2) is 3.92. The number of Topliss-reactive ketones (excluding diaryl/α,β-unsaturated/α-hetero) is 1. The third-order valence-electron chi connectivity index (χ3n) is 2.59. The van der Waals surface area contributed by atoms with Crippen LogP contribution in [0.5, 0.6) is 0 Å². The minimum Gasteiger partial charge on any atom is -0.299 e. The molecule has 0 radical (unpaired) electrons. The predicted molar refractivity (Wildman–Crippen MR) is 58.1 cm³/mol. The van der Waals surface area contributed by atoms with Crippen molar-refractivity contribution in [1.29, 1.82) is 0 Å². The van der Waals surface area contributed by atoms with Crippen LogP contribution in [0.1, 0.15) is 30.7 Å². The molecule has 0 spiro atoms. The summed E-state index contributed by atoms with van der Waals surface area (Å²) in [5, 5.41) is 1.21. The molecule has 1 atom stereocenters. The Morgan fingerprint density at radius 3 is 2.29 bits per heavy atom. The van der Waals surface area contributed by atoms with E-state index in [1.807, 2.05) is 12.1 Å². The standard InChI is InChI=1S/C11H10Cl2O/c12-8-4-7(5-9(13)6-8)10-2-1-3-11(10)14/h4-6,10H,1-3H2. The molecule has 1 unspecified atom stereocenters. The van der Waals surface area contributed by atoms with Gasteiger partial charge in [-0.05, 0) is 36.6 Å². The predicted octanol–water partition coefficient (Wildman–Crippen LogP) is 3.83. The van der Waals surface area contributed by atoms with Gasteiger partial charge in [0.1, 0.15) is 5.78 Å². The summed E-state index contributed by atoms with van der Waals surface area (Å²) in [6.45, 7) is 0. The highest BCUT2D eigenvalue weighted by atomic mass is 35.5. The molecule has 1 aliphatic rings. The van der Waals surface area contributed by atoms with Gasteiger partial charge in [-0.15, -0.1) is 0 Å². The van der Waals surface area contributed by atoms with Crippen molar-refractivity contribution in [3.8, 4) is 0 Å². The second-order valence-electron chi connectivity index (χ2n) is 3.61. The maximum Gasteiger partial charge on any atom is 0.140 e. The minimum absolute atomic E-state index is 0.0196.